The lowest BCUT2D eigenvalue weighted by Crippen LogP contribution is -2.24. The second kappa shape index (κ2) is 14.4. The van der Waals surface area contributed by atoms with Crippen molar-refractivity contribution in [1.82, 2.24) is 10.2 Å². The Morgan fingerprint density at radius 3 is 2.17 bits per heavy atom. The minimum absolute atomic E-state index is 0.118. The zero-order chi connectivity index (χ0) is 30.1. The fourth-order valence-electron chi connectivity index (χ4n) is 4.64. The molecule has 0 saturated carbocycles. The summed E-state index contributed by atoms with van der Waals surface area (Å²) in [5.41, 5.74) is 6.01. The van der Waals surface area contributed by atoms with Crippen molar-refractivity contribution in [3.8, 4) is 5.75 Å². The number of rotatable bonds is 14. The number of benzene rings is 3. The third-order valence-electron chi connectivity index (χ3n) is 7.00. The van der Waals surface area contributed by atoms with Crippen LogP contribution in [0.3, 0.4) is 0 Å². The number of halogens is 1. The van der Waals surface area contributed by atoms with Gasteiger partial charge < -0.3 is 14.7 Å². The number of ether oxygens (including phenoxy) is 1. The molecule has 3 aromatic carbocycles. The Kier molecular flexibility index (Phi) is 10.5. The minimum atomic E-state index is -0.992. The molecule has 2 N–H and O–H groups in total. The van der Waals surface area contributed by atoms with Crippen LogP contribution in [0.2, 0.25) is 0 Å². The van der Waals surface area contributed by atoms with Crippen molar-refractivity contribution in [3.05, 3.63) is 118 Å². The topological polar surface area (TPSA) is 96.8 Å². The number of hydrogen-bond acceptors (Lipinski definition) is 5. The molecule has 42 heavy (non-hydrogen) atoms. The lowest BCUT2D eigenvalue weighted by molar-refractivity contribution is -0.139. The molecule has 0 spiro atoms. The van der Waals surface area contributed by atoms with Crippen LogP contribution in [-0.4, -0.2) is 27.0 Å². The van der Waals surface area contributed by atoms with Gasteiger partial charge in [-0.1, -0.05) is 74.5 Å². The highest BCUT2D eigenvalue weighted by atomic mass is 19.1. The van der Waals surface area contributed by atoms with E-state index in [9.17, 15) is 14.3 Å². The summed E-state index contributed by atoms with van der Waals surface area (Å²) in [7, 11) is 0. The highest BCUT2D eigenvalue weighted by Gasteiger charge is 2.23. The third-order valence-corrected chi connectivity index (χ3v) is 7.00. The molecule has 0 fully saturated rings. The summed E-state index contributed by atoms with van der Waals surface area (Å²) in [6.07, 6.45) is 1.69. The summed E-state index contributed by atoms with van der Waals surface area (Å²) in [4.78, 5) is 17.4. The molecule has 0 saturated heterocycles. The zero-order valence-electron chi connectivity index (χ0n) is 24.5. The number of carbonyl (C=O) groups is 1. The Hall–Kier alpha value is -4.46. The molecule has 0 aliphatic heterocycles. The molecular formula is C34H38FN3O4. The molecule has 0 radical (unpaired) electrons. The van der Waals surface area contributed by atoms with E-state index in [1.807, 2.05) is 30.3 Å². The first-order chi connectivity index (χ1) is 20.2. The van der Waals surface area contributed by atoms with Gasteiger partial charge in [-0.15, -0.1) is 0 Å². The maximum absolute atomic E-state index is 13.1. The number of nitrogens with zero attached hydrogens (tertiary/aromatic N) is 2. The summed E-state index contributed by atoms with van der Waals surface area (Å²) < 4.78 is 19.6. The molecule has 4 rings (SSSR count). The Bertz CT molecular complexity index is 1460. The number of hydrogen-bond donors (Lipinski definition) is 2. The summed E-state index contributed by atoms with van der Waals surface area (Å²) in [6, 6.07) is 23.8. The van der Waals surface area contributed by atoms with Crippen LogP contribution in [-0.2, 0) is 35.5 Å². The lowest BCUT2D eigenvalue weighted by Gasteiger charge is -2.19. The first-order valence-electron chi connectivity index (χ1n) is 14.2. The summed E-state index contributed by atoms with van der Waals surface area (Å²) >= 11 is 0. The van der Waals surface area contributed by atoms with E-state index < -0.39 is 18.0 Å². The van der Waals surface area contributed by atoms with Crippen molar-refractivity contribution in [2.24, 2.45) is 17.0 Å². The first kappa shape index (κ1) is 30.5. The largest absolute Gasteiger partial charge is 0.481 e. The second-order valence-corrected chi connectivity index (χ2v) is 10.9. The van der Waals surface area contributed by atoms with Crippen molar-refractivity contribution >= 4 is 11.7 Å². The van der Waals surface area contributed by atoms with E-state index in [1.54, 1.807) is 19.1 Å². The summed E-state index contributed by atoms with van der Waals surface area (Å²) in [6.45, 7) is 8.23. The Morgan fingerprint density at radius 1 is 0.952 bits per heavy atom. The van der Waals surface area contributed by atoms with Crippen molar-refractivity contribution in [3.63, 3.8) is 0 Å². The number of aryl methyl sites for hydroxylation is 1. The van der Waals surface area contributed by atoms with Crippen LogP contribution in [0.1, 0.15) is 67.4 Å². The lowest BCUT2D eigenvalue weighted by atomic mass is 9.95. The molecule has 1 heterocycles. The van der Waals surface area contributed by atoms with Crippen LogP contribution in [0.15, 0.2) is 84.0 Å². The van der Waals surface area contributed by atoms with Crippen LogP contribution in [0.4, 0.5) is 4.39 Å². The van der Waals surface area contributed by atoms with E-state index in [0.29, 0.717) is 17.4 Å². The number of carboxylic acids is 1. The average Bonchev–Trinajstić information content (AvgIpc) is 3.45. The Balaban J connectivity index is 1.45. The third kappa shape index (κ3) is 8.52. The fraction of sp³-hybridized carbons (Fsp3) is 0.324. The SMILES string of the molecule is CCc1cc(C(Oc2ccc(CC(C(=O)O)C(C)=NOCc3ccc(F)cc3)cc2)c2ccc(CC(C)C)cc2)n[nH]1. The van der Waals surface area contributed by atoms with E-state index in [-0.39, 0.29) is 18.8 Å². The van der Waals surface area contributed by atoms with Gasteiger partial charge in [-0.05, 0) is 84.7 Å². The first-order valence-corrected chi connectivity index (χ1v) is 14.2. The average molecular weight is 572 g/mol. The van der Waals surface area contributed by atoms with Crippen LogP contribution in [0, 0.1) is 17.7 Å². The minimum Gasteiger partial charge on any atom is -0.481 e. The molecule has 2 unspecified atom stereocenters. The number of aromatic amines is 1. The van der Waals surface area contributed by atoms with Gasteiger partial charge in [0.2, 0.25) is 0 Å². The van der Waals surface area contributed by atoms with Gasteiger partial charge in [0.1, 0.15) is 29.8 Å². The van der Waals surface area contributed by atoms with Gasteiger partial charge in [0.05, 0.1) is 5.71 Å². The predicted octanol–water partition coefficient (Wildman–Crippen LogP) is 7.31. The smallest absolute Gasteiger partial charge is 0.312 e. The maximum atomic E-state index is 13.1. The molecule has 0 amide bonds. The molecule has 2 atom stereocenters. The number of aliphatic carboxylic acids is 1. The highest BCUT2D eigenvalue weighted by Crippen LogP contribution is 2.29. The van der Waals surface area contributed by atoms with E-state index in [1.165, 1.54) is 17.7 Å². The molecule has 0 aliphatic carbocycles. The molecule has 4 aromatic rings. The number of H-pyrrole nitrogens is 1. The van der Waals surface area contributed by atoms with Crippen molar-refractivity contribution in [2.45, 2.75) is 59.7 Å². The second-order valence-electron chi connectivity index (χ2n) is 10.9. The van der Waals surface area contributed by atoms with Crippen LogP contribution in [0.5, 0.6) is 5.75 Å². The van der Waals surface area contributed by atoms with Crippen LogP contribution < -0.4 is 4.74 Å². The van der Waals surface area contributed by atoms with Gasteiger partial charge in [0, 0.05) is 5.69 Å². The van der Waals surface area contributed by atoms with Gasteiger partial charge in [-0.3, -0.25) is 9.89 Å². The number of nitrogens with one attached hydrogen (secondary N) is 1. The van der Waals surface area contributed by atoms with Crippen LogP contribution in [0.25, 0.3) is 0 Å². The van der Waals surface area contributed by atoms with E-state index in [4.69, 9.17) is 9.57 Å². The molecule has 0 aliphatic rings. The standard InChI is InChI=1S/C34H38FN3O4/c1-5-29-20-32(37-36-29)33(27-12-6-24(7-13-27)18-22(2)3)42-30-16-10-25(11-17-30)19-31(34(39)40)23(4)38-41-21-26-8-14-28(35)15-9-26/h6-17,20,22,31,33H,5,18-19,21H2,1-4H3,(H,36,37)(H,39,40). The number of oxime groups is 1. The Morgan fingerprint density at radius 2 is 1.57 bits per heavy atom. The molecule has 220 valence electrons. The number of carboxylic acid groups (broad SMARTS) is 1. The normalized spacial score (nSPS) is 13.1. The molecule has 0 bridgehead atoms. The van der Waals surface area contributed by atoms with E-state index >= 15 is 0 Å². The van der Waals surface area contributed by atoms with Crippen molar-refractivity contribution in [1.29, 1.82) is 0 Å². The number of aromatic nitrogens is 2. The van der Waals surface area contributed by atoms with Gasteiger partial charge in [-0.2, -0.15) is 5.10 Å². The predicted molar refractivity (Wildman–Crippen MR) is 161 cm³/mol. The molecule has 7 nitrogen and oxygen atoms in total. The molecule has 8 heteroatoms. The zero-order valence-corrected chi connectivity index (χ0v) is 24.5. The molecular weight excluding hydrogens is 533 g/mol. The van der Waals surface area contributed by atoms with Gasteiger partial charge in [0.15, 0.2) is 6.10 Å². The van der Waals surface area contributed by atoms with Crippen molar-refractivity contribution < 1.29 is 23.9 Å². The Labute approximate surface area is 246 Å². The van der Waals surface area contributed by atoms with Gasteiger partial charge >= 0.3 is 5.97 Å². The monoisotopic (exact) mass is 571 g/mol. The van der Waals surface area contributed by atoms with Gasteiger partial charge in [-0.25, -0.2) is 4.39 Å². The van der Waals surface area contributed by atoms with E-state index in [0.717, 1.165) is 40.9 Å². The van der Waals surface area contributed by atoms with Crippen LogP contribution >= 0.6 is 0 Å². The quantitative estimate of drug-likeness (QED) is 0.122. The maximum Gasteiger partial charge on any atom is 0.312 e. The summed E-state index contributed by atoms with van der Waals surface area (Å²) in [5, 5.41) is 21.5. The van der Waals surface area contributed by atoms with Gasteiger partial charge in [0.25, 0.3) is 0 Å². The summed E-state index contributed by atoms with van der Waals surface area (Å²) in [5.74, 6) is -0.966. The molecule has 1 aromatic heterocycles. The fourth-order valence-corrected chi connectivity index (χ4v) is 4.64. The highest BCUT2D eigenvalue weighted by molar-refractivity contribution is 6.00. The van der Waals surface area contributed by atoms with E-state index in [2.05, 4.69) is 60.4 Å². The van der Waals surface area contributed by atoms with Crippen molar-refractivity contribution in [2.75, 3.05) is 0 Å².